The molecular formula is C10H12N2O3. The first-order valence-electron chi connectivity index (χ1n) is 4.31. The van der Waals surface area contributed by atoms with Gasteiger partial charge >= 0.3 is 0 Å². The first kappa shape index (κ1) is 11.0. The highest BCUT2D eigenvalue weighted by atomic mass is 16.6. The first-order valence-corrected chi connectivity index (χ1v) is 4.31. The smallest absolute Gasteiger partial charge is 0.270 e. The van der Waals surface area contributed by atoms with Gasteiger partial charge in [0.05, 0.1) is 0 Å². The molecule has 0 atom stereocenters. The monoisotopic (exact) mass is 208 g/mol. The fourth-order valence-corrected chi connectivity index (χ4v) is 0.921. The SMILES string of the molecule is CO/N=C(\COc1ccccc1)C(N)=O. The molecule has 2 N–H and O–H groups in total. The number of amides is 1. The molecule has 1 aromatic rings. The van der Waals surface area contributed by atoms with E-state index in [1.807, 2.05) is 18.2 Å². The minimum absolute atomic E-state index is 0.00676. The van der Waals surface area contributed by atoms with Gasteiger partial charge < -0.3 is 15.3 Å². The van der Waals surface area contributed by atoms with Crippen LogP contribution in [0.5, 0.6) is 5.75 Å². The van der Waals surface area contributed by atoms with Gasteiger partial charge in [0.2, 0.25) is 0 Å². The lowest BCUT2D eigenvalue weighted by Crippen LogP contribution is -2.29. The van der Waals surface area contributed by atoms with Gasteiger partial charge in [-0.1, -0.05) is 23.4 Å². The van der Waals surface area contributed by atoms with Gasteiger partial charge in [0, 0.05) is 0 Å². The summed E-state index contributed by atoms with van der Waals surface area (Å²) >= 11 is 0. The summed E-state index contributed by atoms with van der Waals surface area (Å²) in [5.41, 5.74) is 5.10. The Hall–Kier alpha value is -2.04. The van der Waals surface area contributed by atoms with Crippen molar-refractivity contribution in [2.24, 2.45) is 10.9 Å². The van der Waals surface area contributed by atoms with Crippen LogP contribution in [0.1, 0.15) is 0 Å². The van der Waals surface area contributed by atoms with Crippen molar-refractivity contribution in [1.29, 1.82) is 0 Å². The van der Waals surface area contributed by atoms with Crippen molar-refractivity contribution in [3.05, 3.63) is 30.3 Å². The zero-order valence-corrected chi connectivity index (χ0v) is 8.34. The average molecular weight is 208 g/mol. The normalized spacial score (nSPS) is 10.9. The molecule has 1 aromatic carbocycles. The number of oxime groups is 1. The molecule has 0 bridgehead atoms. The molecular weight excluding hydrogens is 196 g/mol. The number of nitrogens with two attached hydrogens (primary N) is 1. The van der Waals surface area contributed by atoms with Crippen LogP contribution in [-0.4, -0.2) is 25.3 Å². The Morgan fingerprint density at radius 2 is 2.07 bits per heavy atom. The largest absolute Gasteiger partial charge is 0.487 e. The van der Waals surface area contributed by atoms with Crippen molar-refractivity contribution in [2.75, 3.05) is 13.7 Å². The molecule has 15 heavy (non-hydrogen) atoms. The van der Waals surface area contributed by atoms with Crippen LogP contribution < -0.4 is 10.5 Å². The van der Waals surface area contributed by atoms with E-state index in [4.69, 9.17) is 10.5 Å². The second kappa shape index (κ2) is 5.64. The third-order valence-corrected chi connectivity index (χ3v) is 1.60. The lowest BCUT2D eigenvalue weighted by Gasteiger charge is -2.05. The molecule has 0 aliphatic carbocycles. The second-order valence-electron chi connectivity index (χ2n) is 2.69. The van der Waals surface area contributed by atoms with Gasteiger partial charge in [-0.05, 0) is 12.1 Å². The number of carbonyl (C=O) groups excluding carboxylic acids is 1. The van der Waals surface area contributed by atoms with E-state index < -0.39 is 5.91 Å². The van der Waals surface area contributed by atoms with Crippen molar-refractivity contribution in [3.63, 3.8) is 0 Å². The predicted octanol–water partition coefficient (Wildman–Crippen LogP) is 0.553. The summed E-state index contributed by atoms with van der Waals surface area (Å²) in [6, 6.07) is 9.06. The fraction of sp³-hybridized carbons (Fsp3) is 0.200. The van der Waals surface area contributed by atoms with Gasteiger partial charge in [0.1, 0.15) is 19.5 Å². The van der Waals surface area contributed by atoms with E-state index in [1.165, 1.54) is 7.11 Å². The topological polar surface area (TPSA) is 73.9 Å². The lowest BCUT2D eigenvalue weighted by atomic mass is 10.3. The molecule has 0 radical (unpaired) electrons. The zero-order chi connectivity index (χ0) is 11.1. The molecule has 5 heteroatoms. The predicted molar refractivity (Wildman–Crippen MR) is 55.6 cm³/mol. The van der Waals surface area contributed by atoms with E-state index in [0.29, 0.717) is 5.75 Å². The van der Waals surface area contributed by atoms with Gasteiger partial charge in [0.25, 0.3) is 5.91 Å². The van der Waals surface area contributed by atoms with Crippen molar-refractivity contribution >= 4 is 11.6 Å². The Labute approximate surface area is 87.5 Å². The van der Waals surface area contributed by atoms with Crippen LogP contribution in [0.4, 0.5) is 0 Å². The molecule has 0 aliphatic rings. The summed E-state index contributed by atoms with van der Waals surface area (Å²) in [6.45, 7) is -0.00676. The Morgan fingerprint density at radius 1 is 1.40 bits per heavy atom. The maximum atomic E-state index is 10.8. The second-order valence-corrected chi connectivity index (χ2v) is 2.69. The molecule has 1 amide bonds. The Balaban J connectivity index is 2.55. The van der Waals surface area contributed by atoms with Gasteiger partial charge in [0.15, 0.2) is 5.71 Å². The summed E-state index contributed by atoms with van der Waals surface area (Å²) in [5.74, 6) is -0.0182. The van der Waals surface area contributed by atoms with E-state index >= 15 is 0 Å². The van der Waals surface area contributed by atoms with Crippen molar-refractivity contribution < 1.29 is 14.4 Å². The lowest BCUT2D eigenvalue weighted by molar-refractivity contribution is -0.112. The summed E-state index contributed by atoms with van der Waals surface area (Å²) in [4.78, 5) is 15.3. The van der Waals surface area contributed by atoms with Crippen LogP contribution in [0.25, 0.3) is 0 Å². The molecule has 0 aliphatic heterocycles. The molecule has 80 valence electrons. The van der Waals surface area contributed by atoms with Crippen LogP contribution >= 0.6 is 0 Å². The number of nitrogens with zero attached hydrogens (tertiary/aromatic N) is 1. The number of primary amides is 1. The zero-order valence-electron chi connectivity index (χ0n) is 8.34. The molecule has 0 heterocycles. The number of hydrogen-bond donors (Lipinski definition) is 1. The van der Waals surface area contributed by atoms with Crippen molar-refractivity contribution in [2.45, 2.75) is 0 Å². The molecule has 0 aromatic heterocycles. The van der Waals surface area contributed by atoms with Crippen LogP contribution in [0.15, 0.2) is 35.5 Å². The Kier molecular flexibility index (Phi) is 4.15. The molecule has 0 saturated heterocycles. The highest BCUT2D eigenvalue weighted by Crippen LogP contribution is 2.07. The van der Waals surface area contributed by atoms with Crippen LogP contribution in [0.2, 0.25) is 0 Å². The maximum absolute atomic E-state index is 10.8. The summed E-state index contributed by atoms with van der Waals surface area (Å²) in [6.07, 6.45) is 0. The minimum Gasteiger partial charge on any atom is -0.487 e. The number of hydrogen-bond acceptors (Lipinski definition) is 4. The molecule has 5 nitrogen and oxygen atoms in total. The standard InChI is InChI=1S/C10H12N2O3/c1-14-12-9(10(11)13)7-15-8-5-3-2-4-6-8/h2-6H,7H2,1H3,(H2,11,13)/b12-9+. The third kappa shape index (κ3) is 3.68. The molecule has 0 unspecified atom stereocenters. The average Bonchev–Trinajstić information content (AvgIpc) is 2.25. The van der Waals surface area contributed by atoms with Gasteiger partial charge in [-0.3, -0.25) is 4.79 Å². The van der Waals surface area contributed by atoms with Gasteiger partial charge in [-0.15, -0.1) is 0 Å². The van der Waals surface area contributed by atoms with Gasteiger partial charge in [-0.25, -0.2) is 0 Å². The molecule has 0 saturated carbocycles. The third-order valence-electron chi connectivity index (χ3n) is 1.60. The highest BCUT2D eigenvalue weighted by molar-refractivity contribution is 6.38. The minimum atomic E-state index is -0.659. The van der Waals surface area contributed by atoms with Crippen molar-refractivity contribution in [1.82, 2.24) is 0 Å². The molecule has 0 fully saturated rings. The molecule has 0 spiro atoms. The Morgan fingerprint density at radius 3 is 2.60 bits per heavy atom. The first-order chi connectivity index (χ1) is 7.24. The number of ether oxygens (including phenoxy) is 1. The summed E-state index contributed by atoms with van der Waals surface area (Å²) in [5, 5.41) is 3.46. The van der Waals surface area contributed by atoms with E-state index in [9.17, 15) is 4.79 Å². The summed E-state index contributed by atoms with van der Waals surface area (Å²) in [7, 11) is 1.34. The van der Waals surface area contributed by atoms with Crippen LogP contribution in [0, 0.1) is 0 Å². The van der Waals surface area contributed by atoms with Crippen molar-refractivity contribution in [3.8, 4) is 5.75 Å². The quantitative estimate of drug-likeness (QED) is 0.567. The highest BCUT2D eigenvalue weighted by Gasteiger charge is 2.08. The van der Waals surface area contributed by atoms with Gasteiger partial charge in [-0.2, -0.15) is 0 Å². The maximum Gasteiger partial charge on any atom is 0.270 e. The number of carbonyl (C=O) groups is 1. The Bertz CT molecular complexity index is 349. The van der Waals surface area contributed by atoms with Crippen LogP contribution in [-0.2, 0) is 9.63 Å². The van der Waals surface area contributed by atoms with E-state index in [2.05, 4.69) is 9.99 Å². The molecule has 1 rings (SSSR count). The van der Waals surface area contributed by atoms with E-state index in [0.717, 1.165) is 0 Å². The number of rotatable bonds is 5. The number of benzene rings is 1. The van der Waals surface area contributed by atoms with E-state index in [1.54, 1.807) is 12.1 Å². The summed E-state index contributed by atoms with van der Waals surface area (Å²) < 4.78 is 5.27. The van der Waals surface area contributed by atoms with E-state index in [-0.39, 0.29) is 12.3 Å². The fourth-order valence-electron chi connectivity index (χ4n) is 0.921. The van der Waals surface area contributed by atoms with Crippen LogP contribution in [0.3, 0.4) is 0 Å². The number of para-hydroxylation sites is 1.